The molecule has 3 aromatic rings. The molecule has 0 aliphatic heterocycles. The molecule has 0 saturated heterocycles. The lowest BCUT2D eigenvalue weighted by Gasteiger charge is -2.01. The van der Waals surface area contributed by atoms with Crippen molar-refractivity contribution in [2.24, 2.45) is 0 Å². The number of aromatic nitrogens is 4. The van der Waals surface area contributed by atoms with Crippen LogP contribution in [-0.4, -0.2) is 23.6 Å². The Morgan fingerprint density at radius 3 is 2.94 bits per heavy atom. The fraction of sp³-hybridized carbons (Fsp3) is 0.0833. The maximum atomic E-state index is 12.3. The first kappa shape index (κ1) is 11.0. The van der Waals surface area contributed by atoms with Crippen molar-refractivity contribution in [2.45, 2.75) is 10.9 Å². The molecular weight excluding hydrogens is 248 g/mol. The summed E-state index contributed by atoms with van der Waals surface area (Å²) < 4.78 is 14.0. The monoisotopic (exact) mass is 258 g/mol. The van der Waals surface area contributed by atoms with Crippen LogP contribution in [0.2, 0.25) is 0 Å². The fourth-order valence-corrected chi connectivity index (χ4v) is 2.80. The summed E-state index contributed by atoms with van der Waals surface area (Å²) in [5.74, 6) is 0.363. The Morgan fingerprint density at radius 2 is 2.11 bits per heavy atom. The van der Waals surface area contributed by atoms with Crippen LogP contribution in [0.1, 0.15) is 5.69 Å². The van der Waals surface area contributed by atoms with E-state index in [0.29, 0.717) is 10.9 Å². The van der Waals surface area contributed by atoms with Gasteiger partial charge in [-0.25, -0.2) is 4.98 Å². The molecule has 3 rings (SSSR count). The summed E-state index contributed by atoms with van der Waals surface area (Å²) in [5, 5.41) is 0.526. The van der Waals surface area contributed by atoms with Crippen molar-refractivity contribution in [3.05, 3.63) is 54.9 Å². The molecule has 0 aliphatic rings. The SMILES string of the molecule is O=S(Cc1ccccn1)c1ncc2cnccn12. The molecule has 6 heteroatoms. The summed E-state index contributed by atoms with van der Waals surface area (Å²) in [5.41, 5.74) is 1.63. The summed E-state index contributed by atoms with van der Waals surface area (Å²) >= 11 is 0. The van der Waals surface area contributed by atoms with Crippen LogP contribution in [0.25, 0.3) is 5.52 Å². The van der Waals surface area contributed by atoms with Gasteiger partial charge in [0.25, 0.3) is 0 Å². The molecule has 90 valence electrons. The van der Waals surface area contributed by atoms with Gasteiger partial charge in [0.05, 0.1) is 40.2 Å². The predicted octanol–water partition coefficient (Wildman–Crippen LogP) is 1.43. The Labute approximate surface area is 106 Å². The largest absolute Gasteiger partial charge is 0.290 e. The third-order valence-corrected chi connectivity index (χ3v) is 3.78. The molecule has 1 unspecified atom stereocenters. The Kier molecular flexibility index (Phi) is 2.85. The zero-order chi connectivity index (χ0) is 12.4. The highest BCUT2D eigenvalue weighted by Crippen LogP contribution is 2.11. The first-order valence-corrected chi connectivity index (χ1v) is 6.72. The first-order chi connectivity index (χ1) is 8.84. The van der Waals surface area contributed by atoms with E-state index in [1.165, 1.54) is 0 Å². The van der Waals surface area contributed by atoms with E-state index in [2.05, 4.69) is 15.0 Å². The van der Waals surface area contributed by atoms with Crippen LogP contribution in [0.4, 0.5) is 0 Å². The smallest absolute Gasteiger partial charge is 0.204 e. The van der Waals surface area contributed by atoms with Gasteiger partial charge in [-0.15, -0.1) is 0 Å². The van der Waals surface area contributed by atoms with Crippen LogP contribution in [0.3, 0.4) is 0 Å². The van der Waals surface area contributed by atoms with Gasteiger partial charge in [0.1, 0.15) is 0 Å². The van der Waals surface area contributed by atoms with Gasteiger partial charge in [-0.2, -0.15) is 0 Å². The Hall–Kier alpha value is -2.08. The van der Waals surface area contributed by atoms with E-state index in [4.69, 9.17) is 0 Å². The third kappa shape index (κ3) is 2.02. The van der Waals surface area contributed by atoms with Crippen LogP contribution in [0, 0.1) is 0 Å². The molecule has 5 nitrogen and oxygen atoms in total. The number of hydrogen-bond donors (Lipinski definition) is 0. The third-order valence-electron chi connectivity index (χ3n) is 2.51. The van der Waals surface area contributed by atoms with Crippen molar-refractivity contribution in [3.8, 4) is 0 Å². The van der Waals surface area contributed by atoms with E-state index in [1.54, 1.807) is 35.4 Å². The zero-order valence-electron chi connectivity index (χ0n) is 9.43. The molecule has 0 aromatic carbocycles. The average molecular weight is 258 g/mol. The van der Waals surface area contributed by atoms with Crippen molar-refractivity contribution < 1.29 is 4.21 Å². The van der Waals surface area contributed by atoms with E-state index >= 15 is 0 Å². The molecule has 0 aliphatic carbocycles. The maximum Gasteiger partial charge on any atom is 0.204 e. The van der Waals surface area contributed by atoms with Gasteiger partial charge in [0, 0.05) is 18.6 Å². The Morgan fingerprint density at radius 1 is 1.17 bits per heavy atom. The van der Waals surface area contributed by atoms with Gasteiger partial charge in [-0.05, 0) is 12.1 Å². The highest BCUT2D eigenvalue weighted by atomic mass is 32.2. The molecule has 0 fully saturated rings. The van der Waals surface area contributed by atoms with Gasteiger partial charge in [0.15, 0.2) is 0 Å². The van der Waals surface area contributed by atoms with E-state index in [-0.39, 0.29) is 0 Å². The lowest BCUT2D eigenvalue weighted by atomic mass is 10.4. The molecular formula is C12H10N4OS. The maximum absolute atomic E-state index is 12.3. The number of fused-ring (bicyclic) bond motifs is 1. The number of nitrogens with zero attached hydrogens (tertiary/aromatic N) is 4. The van der Waals surface area contributed by atoms with Gasteiger partial charge < -0.3 is 0 Å². The highest BCUT2D eigenvalue weighted by Gasteiger charge is 2.12. The highest BCUT2D eigenvalue weighted by molar-refractivity contribution is 7.84. The van der Waals surface area contributed by atoms with Crippen LogP contribution in [0.5, 0.6) is 0 Å². The molecule has 0 N–H and O–H groups in total. The molecule has 0 radical (unpaired) electrons. The average Bonchev–Trinajstić information content (AvgIpc) is 2.84. The fourth-order valence-electron chi connectivity index (χ4n) is 1.68. The summed E-state index contributed by atoms with van der Waals surface area (Å²) in [6, 6.07) is 5.57. The molecule has 18 heavy (non-hydrogen) atoms. The summed E-state index contributed by atoms with van der Waals surface area (Å²) in [7, 11) is -1.22. The van der Waals surface area contributed by atoms with Crippen molar-refractivity contribution >= 4 is 16.3 Å². The first-order valence-electron chi connectivity index (χ1n) is 5.40. The Bertz CT molecular complexity index is 695. The van der Waals surface area contributed by atoms with Crippen LogP contribution in [-0.2, 0) is 16.6 Å². The molecule has 0 spiro atoms. The quantitative estimate of drug-likeness (QED) is 0.713. The summed E-state index contributed by atoms with van der Waals surface area (Å²) in [6.45, 7) is 0. The number of rotatable bonds is 3. The van der Waals surface area contributed by atoms with Crippen LogP contribution in [0.15, 0.2) is 54.3 Å². The number of pyridine rings is 1. The molecule has 0 amide bonds. The van der Waals surface area contributed by atoms with E-state index < -0.39 is 10.8 Å². The lowest BCUT2D eigenvalue weighted by molar-refractivity contribution is 0.674. The minimum atomic E-state index is -1.22. The number of imidazole rings is 1. The molecule has 3 heterocycles. The molecule has 0 bridgehead atoms. The second-order valence-electron chi connectivity index (χ2n) is 3.72. The second-order valence-corrected chi connectivity index (χ2v) is 5.07. The van der Waals surface area contributed by atoms with Gasteiger partial charge >= 0.3 is 0 Å². The second kappa shape index (κ2) is 4.66. The standard InChI is InChI=1S/C12H10N4OS/c17-18(9-10-3-1-2-4-14-10)12-15-8-11-7-13-5-6-16(11)12/h1-8H,9H2. The topological polar surface area (TPSA) is 60.2 Å². The van der Waals surface area contributed by atoms with Crippen molar-refractivity contribution in [1.29, 1.82) is 0 Å². The van der Waals surface area contributed by atoms with E-state index in [9.17, 15) is 4.21 Å². The van der Waals surface area contributed by atoms with Crippen LogP contribution >= 0.6 is 0 Å². The molecule has 1 atom stereocenters. The zero-order valence-corrected chi connectivity index (χ0v) is 10.2. The van der Waals surface area contributed by atoms with Gasteiger partial charge in [0.2, 0.25) is 5.16 Å². The minimum Gasteiger partial charge on any atom is -0.290 e. The van der Waals surface area contributed by atoms with Gasteiger partial charge in [-0.1, -0.05) is 6.07 Å². The Balaban J connectivity index is 1.93. The predicted molar refractivity (Wildman–Crippen MR) is 67.3 cm³/mol. The minimum absolute atomic E-state index is 0.363. The number of hydrogen-bond acceptors (Lipinski definition) is 4. The summed E-state index contributed by atoms with van der Waals surface area (Å²) in [6.07, 6.45) is 8.46. The van der Waals surface area contributed by atoms with Crippen molar-refractivity contribution in [1.82, 2.24) is 19.4 Å². The normalized spacial score (nSPS) is 12.7. The molecule has 3 aromatic heterocycles. The lowest BCUT2D eigenvalue weighted by Crippen LogP contribution is -2.03. The van der Waals surface area contributed by atoms with Crippen molar-refractivity contribution in [2.75, 3.05) is 0 Å². The van der Waals surface area contributed by atoms with Crippen LogP contribution < -0.4 is 0 Å². The van der Waals surface area contributed by atoms with Gasteiger partial charge in [-0.3, -0.25) is 18.6 Å². The summed E-state index contributed by atoms with van der Waals surface area (Å²) in [4.78, 5) is 12.4. The van der Waals surface area contributed by atoms with E-state index in [1.807, 2.05) is 18.2 Å². The van der Waals surface area contributed by atoms with Crippen molar-refractivity contribution in [3.63, 3.8) is 0 Å². The van der Waals surface area contributed by atoms with E-state index in [0.717, 1.165) is 11.2 Å². The molecule has 0 saturated carbocycles.